The van der Waals surface area contributed by atoms with Crippen LogP contribution < -0.4 is 5.32 Å². The molecular weight excluding hydrogens is 200 g/mol. The second-order valence-corrected chi connectivity index (χ2v) is 3.41. The summed E-state index contributed by atoms with van der Waals surface area (Å²) >= 11 is 0. The zero-order valence-electron chi connectivity index (χ0n) is 9.20. The lowest BCUT2D eigenvalue weighted by Gasteiger charge is -2.21. The molecule has 0 aromatic rings. The van der Waals surface area contributed by atoms with Crippen molar-refractivity contribution in [2.75, 3.05) is 20.8 Å². The van der Waals surface area contributed by atoms with E-state index >= 15 is 0 Å². The molecule has 1 saturated carbocycles. The summed E-state index contributed by atoms with van der Waals surface area (Å²) in [7, 11) is 2.91. The minimum Gasteiger partial charge on any atom is -0.450 e. The van der Waals surface area contributed by atoms with E-state index < -0.39 is 11.6 Å². The number of hydroxylamine groups is 2. The van der Waals surface area contributed by atoms with Crippen molar-refractivity contribution in [2.45, 2.75) is 25.3 Å². The maximum absolute atomic E-state index is 11.7. The first-order valence-electron chi connectivity index (χ1n) is 4.83. The molecular formula is C9H16N2O4. The molecule has 1 aliphatic rings. The van der Waals surface area contributed by atoms with Crippen molar-refractivity contribution >= 4 is 12.0 Å². The molecule has 0 aliphatic heterocycles. The van der Waals surface area contributed by atoms with Gasteiger partial charge in [0.2, 0.25) is 0 Å². The van der Waals surface area contributed by atoms with E-state index in [9.17, 15) is 9.59 Å². The number of hydrogen-bond donors (Lipinski definition) is 1. The van der Waals surface area contributed by atoms with Gasteiger partial charge in [0.05, 0.1) is 13.7 Å². The smallest absolute Gasteiger partial charge is 0.407 e. The Hall–Kier alpha value is -1.30. The minimum atomic E-state index is -0.809. The molecule has 0 aromatic heterocycles. The number of amides is 2. The Labute approximate surface area is 88.5 Å². The molecule has 1 rings (SSSR count). The van der Waals surface area contributed by atoms with Gasteiger partial charge in [-0.05, 0) is 19.8 Å². The predicted molar refractivity (Wildman–Crippen MR) is 51.9 cm³/mol. The largest absolute Gasteiger partial charge is 0.450 e. The summed E-state index contributed by atoms with van der Waals surface area (Å²) in [5, 5.41) is 3.66. The van der Waals surface area contributed by atoms with E-state index in [0.29, 0.717) is 12.8 Å². The van der Waals surface area contributed by atoms with E-state index in [-0.39, 0.29) is 12.5 Å². The lowest BCUT2D eigenvalue weighted by Crippen LogP contribution is -2.49. The Morgan fingerprint density at radius 1 is 1.47 bits per heavy atom. The third-order valence-corrected chi connectivity index (χ3v) is 2.34. The number of likely N-dealkylation sites (N-methyl/N-ethyl adjacent to an activating group) is 1. The molecule has 6 nitrogen and oxygen atoms in total. The molecule has 0 unspecified atom stereocenters. The molecule has 0 heterocycles. The second kappa shape index (κ2) is 4.48. The van der Waals surface area contributed by atoms with Gasteiger partial charge in [-0.15, -0.1) is 0 Å². The van der Waals surface area contributed by atoms with Crippen LogP contribution in [0.2, 0.25) is 0 Å². The van der Waals surface area contributed by atoms with Gasteiger partial charge in [-0.1, -0.05) is 0 Å². The number of alkyl carbamates (subject to hydrolysis) is 1. The van der Waals surface area contributed by atoms with E-state index in [4.69, 9.17) is 9.57 Å². The van der Waals surface area contributed by atoms with Crippen LogP contribution >= 0.6 is 0 Å². The lowest BCUT2D eigenvalue weighted by atomic mass is 10.2. The number of hydrogen-bond acceptors (Lipinski definition) is 4. The van der Waals surface area contributed by atoms with Crippen LogP contribution in [0, 0.1) is 0 Å². The molecule has 86 valence electrons. The van der Waals surface area contributed by atoms with Crippen LogP contribution in [0.4, 0.5) is 4.79 Å². The van der Waals surface area contributed by atoms with Gasteiger partial charge in [-0.2, -0.15) is 0 Å². The Bertz CT molecular complexity index is 263. The average Bonchev–Trinajstić information content (AvgIpc) is 2.97. The number of carbonyl (C=O) groups is 2. The van der Waals surface area contributed by atoms with Gasteiger partial charge in [-0.25, -0.2) is 9.86 Å². The molecule has 0 spiro atoms. The normalized spacial score (nSPS) is 16.7. The van der Waals surface area contributed by atoms with Crippen LogP contribution in [0.15, 0.2) is 0 Å². The number of nitrogens with one attached hydrogen (secondary N) is 1. The fourth-order valence-electron chi connectivity index (χ4n) is 1.26. The molecule has 6 heteroatoms. The first kappa shape index (κ1) is 11.8. The van der Waals surface area contributed by atoms with Crippen LogP contribution in [0.3, 0.4) is 0 Å². The highest BCUT2D eigenvalue weighted by atomic mass is 16.7. The molecule has 1 aliphatic carbocycles. The highest BCUT2D eigenvalue weighted by Crippen LogP contribution is 2.37. The summed E-state index contributed by atoms with van der Waals surface area (Å²) in [5.41, 5.74) is -0.809. The van der Waals surface area contributed by atoms with Gasteiger partial charge >= 0.3 is 6.09 Å². The molecule has 0 saturated heterocycles. The van der Waals surface area contributed by atoms with Gasteiger partial charge < -0.3 is 10.1 Å². The molecule has 1 fully saturated rings. The second-order valence-electron chi connectivity index (χ2n) is 3.41. The first-order valence-corrected chi connectivity index (χ1v) is 4.83. The summed E-state index contributed by atoms with van der Waals surface area (Å²) in [4.78, 5) is 27.7. The highest BCUT2D eigenvalue weighted by molar-refractivity contribution is 5.92. The maximum Gasteiger partial charge on any atom is 0.407 e. The minimum absolute atomic E-state index is 0.252. The van der Waals surface area contributed by atoms with Crippen molar-refractivity contribution in [3.8, 4) is 0 Å². The summed E-state index contributed by atoms with van der Waals surface area (Å²) in [6.45, 7) is 2.00. The topological polar surface area (TPSA) is 67.9 Å². The molecule has 0 radical (unpaired) electrons. The standard InChI is InChI=1S/C9H16N2O4/c1-4-15-8(13)10-9(5-6-9)7(12)11(2)14-3/h4-6H2,1-3H3,(H,10,13). The molecule has 15 heavy (non-hydrogen) atoms. The monoisotopic (exact) mass is 216 g/mol. The van der Waals surface area contributed by atoms with E-state index in [0.717, 1.165) is 5.06 Å². The Morgan fingerprint density at radius 3 is 2.47 bits per heavy atom. The van der Waals surface area contributed by atoms with Gasteiger partial charge in [0.1, 0.15) is 5.54 Å². The van der Waals surface area contributed by atoms with E-state index in [1.807, 2.05) is 0 Å². The summed E-state index contributed by atoms with van der Waals surface area (Å²) in [6, 6.07) is 0. The van der Waals surface area contributed by atoms with E-state index in [1.54, 1.807) is 6.92 Å². The molecule has 0 aromatic carbocycles. The van der Waals surface area contributed by atoms with Gasteiger partial charge in [0, 0.05) is 7.05 Å². The van der Waals surface area contributed by atoms with Crippen LogP contribution in [0.1, 0.15) is 19.8 Å². The SMILES string of the molecule is CCOC(=O)NC1(C(=O)N(C)OC)CC1. The third-order valence-electron chi connectivity index (χ3n) is 2.34. The molecule has 0 bridgehead atoms. The number of rotatable bonds is 4. The number of carbonyl (C=O) groups excluding carboxylic acids is 2. The molecule has 0 atom stereocenters. The number of nitrogens with zero attached hydrogens (tertiary/aromatic N) is 1. The highest BCUT2D eigenvalue weighted by Gasteiger charge is 2.53. The lowest BCUT2D eigenvalue weighted by molar-refractivity contribution is -0.172. The average molecular weight is 216 g/mol. The molecule has 2 amide bonds. The van der Waals surface area contributed by atoms with E-state index in [2.05, 4.69) is 5.32 Å². The zero-order chi connectivity index (χ0) is 11.5. The fraction of sp³-hybridized carbons (Fsp3) is 0.778. The van der Waals surface area contributed by atoms with Crippen molar-refractivity contribution in [1.29, 1.82) is 0 Å². The fourth-order valence-corrected chi connectivity index (χ4v) is 1.26. The summed E-state index contributed by atoms with van der Waals surface area (Å²) in [5.74, 6) is -0.252. The van der Waals surface area contributed by atoms with Gasteiger partial charge in [0.25, 0.3) is 5.91 Å². The number of ether oxygens (including phenoxy) is 1. The third kappa shape index (κ3) is 2.59. The summed E-state index contributed by atoms with van der Waals surface area (Å²) in [6.07, 6.45) is 0.685. The van der Waals surface area contributed by atoms with Gasteiger partial charge in [0.15, 0.2) is 0 Å². The zero-order valence-corrected chi connectivity index (χ0v) is 9.20. The van der Waals surface area contributed by atoms with E-state index in [1.165, 1.54) is 14.2 Å². The van der Waals surface area contributed by atoms with Crippen LogP contribution in [0.25, 0.3) is 0 Å². The maximum atomic E-state index is 11.7. The Kier molecular flexibility index (Phi) is 3.52. The predicted octanol–water partition coefficient (Wildman–Crippen LogP) is 0.285. The first-order chi connectivity index (χ1) is 7.05. The van der Waals surface area contributed by atoms with Gasteiger partial charge in [-0.3, -0.25) is 9.63 Å². The van der Waals surface area contributed by atoms with Crippen molar-refractivity contribution < 1.29 is 19.2 Å². The Balaban J connectivity index is 2.52. The van der Waals surface area contributed by atoms with Crippen LogP contribution in [0.5, 0.6) is 0 Å². The molecule has 1 N–H and O–H groups in total. The van der Waals surface area contributed by atoms with Crippen molar-refractivity contribution in [1.82, 2.24) is 10.4 Å². The Morgan fingerprint density at radius 2 is 2.07 bits per heavy atom. The quantitative estimate of drug-likeness (QED) is 0.685. The summed E-state index contributed by atoms with van der Waals surface area (Å²) < 4.78 is 4.72. The van der Waals surface area contributed by atoms with Crippen molar-refractivity contribution in [3.63, 3.8) is 0 Å². The van der Waals surface area contributed by atoms with Crippen molar-refractivity contribution in [2.24, 2.45) is 0 Å². The van der Waals surface area contributed by atoms with Crippen LogP contribution in [-0.2, 0) is 14.4 Å². The van der Waals surface area contributed by atoms with Crippen LogP contribution in [-0.4, -0.2) is 43.4 Å². The van der Waals surface area contributed by atoms with Crippen molar-refractivity contribution in [3.05, 3.63) is 0 Å².